The molecule has 0 radical (unpaired) electrons. The standard InChI is InChI=1S/C23H23Cl2N5O2/c24-18-3-1-2-17-15(18)4-7-23(17)8-5-16-19(12-23)27-21(25)28-20(16)29-10-11-30(22(31)32)14(13-29)6-9-26/h1-3,14H,4-8,10-13H2,(H,31,32)/t14-,23+/m0/s1. The largest absolute Gasteiger partial charge is 0.465 e. The molecule has 2 aromatic rings. The number of carbonyl (C=O) groups is 1. The highest BCUT2D eigenvalue weighted by atomic mass is 35.5. The number of rotatable bonds is 2. The Morgan fingerprint density at radius 3 is 2.75 bits per heavy atom. The summed E-state index contributed by atoms with van der Waals surface area (Å²) in [4.78, 5) is 24.2. The molecule has 32 heavy (non-hydrogen) atoms. The number of aromatic nitrogens is 2. The van der Waals surface area contributed by atoms with E-state index in [0.29, 0.717) is 19.6 Å². The topological polar surface area (TPSA) is 93.4 Å². The maximum absolute atomic E-state index is 11.6. The van der Waals surface area contributed by atoms with E-state index >= 15 is 0 Å². The number of hydrogen-bond acceptors (Lipinski definition) is 5. The van der Waals surface area contributed by atoms with Gasteiger partial charge in [-0.25, -0.2) is 14.8 Å². The van der Waals surface area contributed by atoms with E-state index in [1.807, 2.05) is 12.1 Å². The van der Waals surface area contributed by atoms with Crippen LogP contribution in [0, 0.1) is 11.3 Å². The van der Waals surface area contributed by atoms with E-state index in [9.17, 15) is 15.2 Å². The van der Waals surface area contributed by atoms with Gasteiger partial charge in [0.1, 0.15) is 5.82 Å². The molecule has 0 saturated carbocycles. The molecule has 9 heteroatoms. The number of benzene rings is 1. The smallest absolute Gasteiger partial charge is 0.407 e. The molecule has 1 N–H and O–H groups in total. The minimum absolute atomic E-state index is 0.0214. The lowest BCUT2D eigenvalue weighted by molar-refractivity contribution is 0.119. The maximum Gasteiger partial charge on any atom is 0.407 e. The molecule has 166 valence electrons. The van der Waals surface area contributed by atoms with E-state index in [4.69, 9.17) is 23.2 Å². The van der Waals surface area contributed by atoms with Crippen LogP contribution in [0.1, 0.15) is 41.6 Å². The average Bonchev–Trinajstić information content (AvgIpc) is 3.12. The molecule has 2 atom stereocenters. The van der Waals surface area contributed by atoms with E-state index in [-0.39, 0.29) is 17.1 Å². The molecule has 2 aliphatic carbocycles. The molecule has 1 spiro atoms. The number of piperazine rings is 1. The molecule has 1 saturated heterocycles. The summed E-state index contributed by atoms with van der Waals surface area (Å²) in [5, 5.41) is 19.7. The van der Waals surface area contributed by atoms with Crippen LogP contribution in [-0.4, -0.2) is 51.7 Å². The van der Waals surface area contributed by atoms with Gasteiger partial charge in [-0.05, 0) is 60.9 Å². The third-order valence-corrected chi connectivity index (χ3v) is 7.82. The van der Waals surface area contributed by atoms with Gasteiger partial charge in [0.25, 0.3) is 0 Å². The van der Waals surface area contributed by atoms with Gasteiger partial charge in [-0.1, -0.05) is 23.7 Å². The van der Waals surface area contributed by atoms with Gasteiger partial charge in [0, 0.05) is 35.6 Å². The second-order valence-corrected chi connectivity index (χ2v) is 9.65. The van der Waals surface area contributed by atoms with Gasteiger partial charge in [-0.3, -0.25) is 0 Å². The van der Waals surface area contributed by atoms with Gasteiger partial charge in [0.15, 0.2) is 0 Å². The Morgan fingerprint density at radius 1 is 1.22 bits per heavy atom. The molecule has 3 aliphatic rings. The molecule has 1 aliphatic heterocycles. The van der Waals surface area contributed by atoms with Crippen LogP contribution in [0.5, 0.6) is 0 Å². The molecule has 1 amide bonds. The van der Waals surface area contributed by atoms with Crippen molar-refractivity contribution in [2.45, 2.75) is 50.0 Å². The number of nitriles is 1. The van der Waals surface area contributed by atoms with Crippen LogP contribution < -0.4 is 4.90 Å². The van der Waals surface area contributed by atoms with E-state index in [1.54, 1.807) is 0 Å². The first kappa shape index (κ1) is 21.3. The average molecular weight is 472 g/mol. The van der Waals surface area contributed by atoms with Gasteiger partial charge in [0.2, 0.25) is 5.28 Å². The zero-order chi connectivity index (χ0) is 22.5. The summed E-state index contributed by atoms with van der Waals surface area (Å²) >= 11 is 12.8. The van der Waals surface area contributed by atoms with Gasteiger partial charge in [0.05, 0.1) is 24.2 Å². The Bertz CT molecular complexity index is 1130. The van der Waals surface area contributed by atoms with Crippen LogP contribution in [0.3, 0.4) is 0 Å². The predicted molar refractivity (Wildman–Crippen MR) is 121 cm³/mol. The second kappa shape index (κ2) is 8.09. The summed E-state index contributed by atoms with van der Waals surface area (Å²) in [6.45, 7) is 1.26. The lowest BCUT2D eigenvalue weighted by Gasteiger charge is -2.42. The highest BCUT2D eigenvalue weighted by Crippen LogP contribution is 2.50. The Balaban J connectivity index is 1.48. The van der Waals surface area contributed by atoms with Crippen molar-refractivity contribution in [1.82, 2.24) is 14.9 Å². The molecule has 0 unspecified atom stereocenters. The molecule has 7 nitrogen and oxygen atoms in total. The molecule has 1 aromatic heterocycles. The SMILES string of the molecule is N#CC[C@H]1CN(c2nc(Cl)nc3c2CC[C@]2(CCc4c(Cl)cccc42)C3)CCN1C(=O)O. The fourth-order valence-electron chi connectivity index (χ4n) is 5.76. The summed E-state index contributed by atoms with van der Waals surface area (Å²) in [7, 11) is 0. The minimum Gasteiger partial charge on any atom is -0.465 e. The quantitative estimate of drug-likeness (QED) is 0.658. The zero-order valence-electron chi connectivity index (χ0n) is 17.5. The fraction of sp³-hybridized carbons (Fsp3) is 0.478. The maximum atomic E-state index is 11.6. The number of nitrogens with zero attached hydrogens (tertiary/aromatic N) is 5. The van der Waals surface area contributed by atoms with Crippen molar-refractivity contribution in [1.29, 1.82) is 5.26 Å². The number of fused-ring (bicyclic) bond motifs is 3. The van der Waals surface area contributed by atoms with Crippen molar-refractivity contribution in [2.24, 2.45) is 0 Å². The summed E-state index contributed by atoms with van der Waals surface area (Å²) < 4.78 is 0. The minimum atomic E-state index is -0.992. The fourth-order valence-corrected chi connectivity index (χ4v) is 6.21. The Kier molecular flexibility index (Phi) is 5.39. The molecular formula is C23H23Cl2N5O2. The van der Waals surface area contributed by atoms with Crippen LogP contribution in [0.15, 0.2) is 18.2 Å². The zero-order valence-corrected chi connectivity index (χ0v) is 19.0. The molecule has 5 rings (SSSR count). The second-order valence-electron chi connectivity index (χ2n) is 8.90. The Hall–Kier alpha value is -2.56. The normalized spacial score (nSPS) is 24.2. The summed E-state index contributed by atoms with van der Waals surface area (Å²) in [5.74, 6) is 0.784. The van der Waals surface area contributed by atoms with Crippen LogP contribution in [0.25, 0.3) is 0 Å². The lowest BCUT2D eigenvalue weighted by atomic mass is 9.69. The van der Waals surface area contributed by atoms with Gasteiger partial charge in [-0.15, -0.1) is 0 Å². The number of halogens is 2. The third-order valence-electron chi connectivity index (χ3n) is 7.30. The van der Waals surface area contributed by atoms with Crippen molar-refractivity contribution in [2.75, 3.05) is 24.5 Å². The van der Waals surface area contributed by atoms with Crippen LogP contribution >= 0.6 is 23.2 Å². The summed E-state index contributed by atoms with van der Waals surface area (Å²) in [6, 6.07) is 7.90. The number of carboxylic acid groups (broad SMARTS) is 1. The van der Waals surface area contributed by atoms with Crippen molar-refractivity contribution < 1.29 is 9.90 Å². The van der Waals surface area contributed by atoms with Crippen LogP contribution in [-0.2, 0) is 24.7 Å². The molecule has 1 fully saturated rings. The first-order valence-electron chi connectivity index (χ1n) is 10.9. The van der Waals surface area contributed by atoms with Gasteiger partial charge < -0.3 is 14.9 Å². The first-order chi connectivity index (χ1) is 15.4. The van der Waals surface area contributed by atoms with Crippen molar-refractivity contribution >= 4 is 35.1 Å². The molecule has 2 heterocycles. The first-order valence-corrected chi connectivity index (χ1v) is 11.6. The lowest BCUT2D eigenvalue weighted by Crippen LogP contribution is -2.55. The van der Waals surface area contributed by atoms with Crippen molar-refractivity contribution in [3.05, 3.63) is 50.9 Å². The van der Waals surface area contributed by atoms with E-state index < -0.39 is 12.1 Å². The van der Waals surface area contributed by atoms with Crippen molar-refractivity contribution in [3.8, 4) is 6.07 Å². The van der Waals surface area contributed by atoms with Crippen molar-refractivity contribution in [3.63, 3.8) is 0 Å². The van der Waals surface area contributed by atoms with Crippen LogP contribution in [0.2, 0.25) is 10.3 Å². The monoisotopic (exact) mass is 471 g/mol. The third kappa shape index (κ3) is 3.46. The van der Waals surface area contributed by atoms with E-state index in [1.165, 1.54) is 16.0 Å². The van der Waals surface area contributed by atoms with Gasteiger partial charge >= 0.3 is 6.09 Å². The highest BCUT2D eigenvalue weighted by Gasteiger charge is 2.44. The van der Waals surface area contributed by atoms with Gasteiger partial charge in [-0.2, -0.15) is 5.26 Å². The summed E-state index contributed by atoms with van der Waals surface area (Å²) in [5.41, 5.74) is 4.66. The molecule has 1 aromatic carbocycles. The number of hydrogen-bond donors (Lipinski definition) is 1. The Morgan fingerprint density at radius 2 is 2.00 bits per heavy atom. The number of amides is 1. The predicted octanol–water partition coefficient (Wildman–Crippen LogP) is 4.24. The molecular weight excluding hydrogens is 449 g/mol. The Labute approximate surface area is 196 Å². The summed E-state index contributed by atoms with van der Waals surface area (Å²) in [6.07, 6.45) is 3.78. The molecule has 0 bridgehead atoms. The van der Waals surface area contributed by atoms with E-state index in [0.717, 1.165) is 54.2 Å². The van der Waals surface area contributed by atoms with Crippen LogP contribution in [0.4, 0.5) is 10.6 Å². The van der Waals surface area contributed by atoms with E-state index in [2.05, 4.69) is 27.0 Å². The number of anilines is 1. The highest BCUT2D eigenvalue weighted by molar-refractivity contribution is 6.31.